The standard InChI is InChI=1S/C25H18ClF5N4O3/c1-35-12-16(6-15-10-32-13-33-11-15)23(36)34-24(35)37-5-4-14-7-20(27)22(21(28)8-14)38-17-2-3-19(26)18(9-17)25(29,30)31/h2-3,7-13H,4-6H2,1H3. The van der Waals surface area contributed by atoms with Crippen LogP contribution < -0.4 is 15.0 Å². The number of ether oxygens (including phenoxy) is 2. The molecule has 0 unspecified atom stereocenters. The fourth-order valence-corrected chi connectivity index (χ4v) is 3.72. The summed E-state index contributed by atoms with van der Waals surface area (Å²) in [5, 5.41) is -0.575. The quantitative estimate of drug-likeness (QED) is 0.268. The maximum atomic E-state index is 14.6. The van der Waals surface area contributed by atoms with E-state index >= 15 is 0 Å². The fraction of sp³-hybridized carbons (Fsp3) is 0.200. The normalized spacial score (nSPS) is 11.4. The number of halogens is 6. The molecule has 13 heteroatoms. The van der Waals surface area contributed by atoms with E-state index in [1.54, 1.807) is 25.6 Å². The lowest BCUT2D eigenvalue weighted by Gasteiger charge is -2.14. The first-order valence-corrected chi connectivity index (χ1v) is 11.3. The monoisotopic (exact) mass is 552 g/mol. The third-order valence-electron chi connectivity index (χ3n) is 5.27. The highest BCUT2D eigenvalue weighted by Crippen LogP contribution is 2.38. The molecule has 0 radical (unpaired) electrons. The van der Waals surface area contributed by atoms with E-state index in [0.29, 0.717) is 11.6 Å². The van der Waals surface area contributed by atoms with E-state index in [1.807, 2.05) is 0 Å². The summed E-state index contributed by atoms with van der Waals surface area (Å²) in [6.45, 7) is -0.0721. The van der Waals surface area contributed by atoms with Crippen LogP contribution in [0.4, 0.5) is 22.0 Å². The van der Waals surface area contributed by atoms with E-state index in [4.69, 9.17) is 21.1 Å². The van der Waals surface area contributed by atoms with Gasteiger partial charge < -0.3 is 14.0 Å². The van der Waals surface area contributed by atoms with Gasteiger partial charge in [-0.1, -0.05) is 11.6 Å². The van der Waals surface area contributed by atoms with Crippen molar-refractivity contribution in [3.63, 3.8) is 0 Å². The minimum atomic E-state index is -4.77. The van der Waals surface area contributed by atoms with E-state index in [1.165, 1.54) is 10.9 Å². The lowest BCUT2D eigenvalue weighted by Crippen LogP contribution is -2.20. The predicted molar refractivity (Wildman–Crippen MR) is 126 cm³/mol. The third-order valence-corrected chi connectivity index (χ3v) is 5.60. The second-order valence-corrected chi connectivity index (χ2v) is 8.52. The van der Waals surface area contributed by atoms with Gasteiger partial charge in [0.05, 0.1) is 17.2 Å². The molecule has 0 fully saturated rings. The zero-order valence-electron chi connectivity index (χ0n) is 19.6. The van der Waals surface area contributed by atoms with E-state index in [9.17, 15) is 26.7 Å². The molecule has 4 aromatic rings. The van der Waals surface area contributed by atoms with Gasteiger partial charge in [-0.05, 0) is 41.5 Å². The lowest BCUT2D eigenvalue weighted by molar-refractivity contribution is -0.137. The molecule has 198 valence electrons. The first-order chi connectivity index (χ1) is 18.0. The summed E-state index contributed by atoms with van der Waals surface area (Å²) >= 11 is 5.56. The highest BCUT2D eigenvalue weighted by molar-refractivity contribution is 6.31. The molecule has 2 aromatic heterocycles. The molecule has 2 heterocycles. The van der Waals surface area contributed by atoms with Gasteiger partial charge >= 0.3 is 6.18 Å². The average Bonchev–Trinajstić information content (AvgIpc) is 2.85. The summed E-state index contributed by atoms with van der Waals surface area (Å²) < 4.78 is 80.4. The van der Waals surface area contributed by atoms with Gasteiger partial charge in [0.15, 0.2) is 17.4 Å². The van der Waals surface area contributed by atoms with E-state index in [-0.39, 0.29) is 31.0 Å². The summed E-state index contributed by atoms with van der Waals surface area (Å²) in [5.41, 5.74) is -0.385. The van der Waals surface area contributed by atoms with E-state index < -0.39 is 45.5 Å². The van der Waals surface area contributed by atoms with Crippen molar-refractivity contribution in [2.75, 3.05) is 6.61 Å². The Morgan fingerprint density at radius 1 is 1.03 bits per heavy atom. The molecule has 0 aliphatic carbocycles. The van der Waals surface area contributed by atoms with Crippen molar-refractivity contribution < 1.29 is 31.4 Å². The zero-order valence-corrected chi connectivity index (χ0v) is 20.4. The largest absolute Gasteiger partial charge is 0.464 e. The van der Waals surface area contributed by atoms with Crippen molar-refractivity contribution >= 4 is 11.6 Å². The molecular weight excluding hydrogens is 535 g/mol. The van der Waals surface area contributed by atoms with Crippen molar-refractivity contribution in [1.29, 1.82) is 0 Å². The summed E-state index contributed by atoms with van der Waals surface area (Å²) in [7, 11) is 1.62. The Morgan fingerprint density at radius 2 is 1.71 bits per heavy atom. The minimum Gasteiger partial charge on any atom is -0.464 e. The lowest BCUT2D eigenvalue weighted by atomic mass is 10.1. The molecular formula is C25H18ClF5N4O3. The van der Waals surface area contributed by atoms with Crippen LogP contribution in [0.3, 0.4) is 0 Å². The Kier molecular flexibility index (Phi) is 7.91. The first-order valence-electron chi connectivity index (χ1n) is 11.0. The Bertz CT molecular complexity index is 1490. The summed E-state index contributed by atoms with van der Waals surface area (Å²) in [5.74, 6) is -3.55. The zero-order chi connectivity index (χ0) is 27.4. The second kappa shape index (κ2) is 11.1. The number of aryl methyl sites for hydroxylation is 1. The number of hydrogen-bond donors (Lipinski definition) is 0. The van der Waals surface area contributed by atoms with Gasteiger partial charge in [0.2, 0.25) is 0 Å². The molecule has 0 N–H and O–H groups in total. The summed E-state index contributed by atoms with van der Waals surface area (Å²) in [6.07, 6.45) is 1.65. The number of hydrogen-bond acceptors (Lipinski definition) is 6. The molecule has 0 atom stereocenters. The smallest absolute Gasteiger partial charge is 0.417 e. The highest BCUT2D eigenvalue weighted by Gasteiger charge is 2.33. The van der Waals surface area contributed by atoms with Crippen molar-refractivity contribution in [2.45, 2.75) is 19.0 Å². The molecule has 0 saturated heterocycles. The van der Waals surface area contributed by atoms with Crippen molar-refractivity contribution in [3.8, 4) is 17.5 Å². The van der Waals surface area contributed by atoms with Crippen molar-refractivity contribution in [1.82, 2.24) is 19.5 Å². The molecule has 0 aliphatic heterocycles. The average molecular weight is 553 g/mol. The maximum absolute atomic E-state index is 14.6. The van der Waals surface area contributed by atoms with Crippen molar-refractivity contribution in [2.24, 2.45) is 7.05 Å². The molecule has 0 saturated carbocycles. The first kappa shape index (κ1) is 27.0. The van der Waals surface area contributed by atoms with Crippen LogP contribution in [-0.4, -0.2) is 26.1 Å². The fourth-order valence-electron chi connectivity index (χ4n) is 3.50. The SMILES string of the molecule is Cn1cc(Cc2cncnc2)c(=O)nc1OCCc1cc(F)c(Oc2ccc(Cl)c(C(F)(F)F)c2)c(F)c1. The molecule has 4 rings (SSSR count). The molecule has 0 amide bonds. The molecule has 2 aromatic carbocycles. The Balaban J connectivity index is 1.42. The minimum absolute atomic E-state index is 0.00664. The molecule has 38 heavy (non-hydrogen) atoms. The van der Waals surface area contributed by atoms with Crippen LogP contribution in [0.25, 0.3) is 0 Å². The number of benzene rings is 2. The molecule has 0 aliphatic rings. The molecule has 0 spiro atoms. The van der Waals surface area contributed by atoms with Gasteiger partial charge in [-0.3, -0.25) is 4.79 Å². The van der Waals surface area contributed by atoms with Crippen LogP contribution in [0, 0.1) is 11.6 Å². The van der Waals surface area contributed by atoms with Gasteiger partial charge in [0.25, 0.3) is 11.6 Å². The van der Waals surface area contributed by atoms with Gasteiger partial charge in [0.1, 0.15) is 12.1 Å². The van der Waals surface area contributed by atoms with Gasteiger partial charge in [-0.25, -0.2) is 18.7 Å². The Hall–Kier alpha value is -4.06. The third kappa shape index (κ3) is 6.43. The molecule has 7 nitrogen and oxygen atoms in total. The van der Waals surface area contributed by atoms with E-state index in [0.717, 1.165) is 29.8 Å². The number of rotatable bonds is 8. The van der Waals surface area contributed by atoms with Crippen LogP contribution in [0.15, 0.2) is 60.0 Å². The van der Waals surface area contributed by atoms with Crippen LogP contribution in [0.5, 0.6) is 17.5 Å². The number of alkyl halides is 3. The highest BCUT2D eigenvalue weighted by atomic mass is 35.5. The van der Waals surface area contributed by atoms with Gasteiger partial charge in [-0.15, -0.1) is 0 Å². The summed E-state index contributed by atoms with van der Waals surface area (Å²) in [4.78, 5) is 24.1. The van der Waals surface area contributed by atoms with Crippen LogP contribution >= 0.6 is 11.6 Å². The van der Waals surface area contributed by atoms with E-state index in [2.05, 4.69) is 15.0 Å². The van der Waals surface area contributed by atoms with Crippen molar-refractivity contribution in [3.05, 3.63) is 105 Å². The van der Waals surface area contributed by atoms with Crippen LogP contribution in [-0.2, 0) is 26.1 Å². The Labute approximate surface area is 217 Å². The summed E-state index contributed by atoms with van der Waals surface area (Å²) in [6, 6.07) is 4.49. The number of nitrogens with zero attached hydrogens (tertiary/aromatic N) is 4. The van der Waals surface area contributed by atoms with Crippen LogP contribution in [0.1, 0.15) is 22.3 Å². The van der Waals surface area contributed by atoms with Gasteiger partial charge in [0, 0.05) is 44.0 Å². The Morgan fingerprint density at radius 3 is 2.37 bits per heavy atom. The van der Waals surface area contributed by atoms with Crippen LogP contribution in [0.2, 0.25) is 5.02 Å². The molecule has 0 bridgehead atoms. The van der Waals surface area contributed by atoms with Gasteiger partial charge in [-0.2, -0.15) is 18.2 Å². The predicted octanol–water partition coefficient (Wildman–Crippen LogP) is 5.53. The second-order valence-electron chi connectivity index (χ2n) is 8.12. The number of aromatic nitrogens is 4. The maximum Gasteiger partial charge on any atom is 0.417 e. The topological polar surface area (TPSA) is 79.1 Å².